The lowest BCUT2D eigenvalue weighted by Gasteiger charge is -2.23. The third-order valence-corrected chi connectivity index (χ3v) is 10.5. The Morgan fingerprint density at radius 1 is 0.878 bits per heavy atom. The average Bonchev–Trinajstić information content (AvgIpc) is 3.39. The average molecular weight is 702 g/mol. The number of fused-ring (bicyclic) bond motifs is 3. The van der Waals surface area contributed by atoms with E-state index in [9.17, 15) is 19.2 Å². The summed E-state index contributed by atoms with van der Waals surface area (Å²) in [6, 6.07) is 25.6. The molecule has 260 valence electrons. The lowest BCUT2D eigenvalue weighted by atomic mass is 9.98. The molecule has 1 amide bonds. The molecule has 49 heavy (non-hydrogen) atoms. The van der Waals surface area contributed by atoms with Gasteiger partial charge in [0.15, 0.2) is 5.12 Å². The number of esters is 2. The maximum atomic E-state index is 13.4. The first-order chi connectivity index (χ1) is 23.6. The van der Waals surface area contributed by atoms with Crippen molar-refractivity contribution in [2.75, 3.05) is 19.0 Å². The third kappa shape index (κ3) is 11.7. The van der Waals surface area contributed by atoms with E-state index in [1.807, 2.05) is 66.7 Å². The highest BCUT2D eigenvalue weighted by atomic mass is 32.2. The SMILES string of the molecule is CC(C)[C@H](NC(=O)OCC1c2ccccc2-c2ccccc21)C(=O)O[C@H](/C=C/CCSC(=O)Cc1ccccc1)CC(=O)OCC[SiH](C)C. The van der Waals surface area contributed by atoms with Crippen LogP contribution in [0.5, 0.6) is 0 Å². The van der Waals surface area contributed by atoms with Crippen LogP contribution in [-0.4, -0.2) is 63.1 Å². The zero-order valence-electron chi connectivity index (χ0n) is 28.8. The molecule has 8 nitrogen and oxygen atoms in total. The van der Waals surface area contributed by atoms with Crippen LogP contribution in [0, 0.1) is 5.92 Å². The van der Waals surface area contributed by atoms with Gasteiger partial charge in [-0.05, 0) is 52.3 Å². The van der Waals surface area contributed by atoms with Gasteiger partial charge in [-0.1, -0.05) is 124 Å². The van der Waals surface area contributed by atoms with Gasteiger partial charge in [0.05, 0.1) is 13.0 Å². The van der Waals surface area contributed by atoms with E-state index >= 15 is 0 Å². The summed E-state index contributed by atoms with van der Waals surface area (Å²) >= 11 is 1.24. The molecular formula is C39H47NO7SSi. The Bertz CT molecular complexity index is 1550. The molecule has 0 spiro atoms. The number of amides is 1. The van der Waals surface area contributed by atoms with Gasteiger partial charge in [0.25, 0.3) is 0 Å². The molecule has 10 heteroatoms. The minimum Gasteiger partial charge on any atom is -0.466 e. The number of carbonyl (C=O) groups excluding carboxylic acids is 4. The standard InChI is InChI=1S/C39H47NO7SSi/c1-27(2)37(40-39(44)46-26-34-32-19-10-8-17-30(32)31-18-9-11-20-33(31)34)38(43)47-29(25-35(41)45-21-23-49(3)4)16-12-13-22-48-36(42)24-28-14-6-5-7-15-28/h5-12,14-20,27,29,34,37,49H,13,21-26H2,1-4H3,(H,40,44)/b16-12+/t29-,37+/m1/s1. The predicted molar refractivity (Wildman–Crippen MR) is 197 cm³/mol. The quantitative estimate of drug-likeness (QED) is 0.0513. The Balaban J connectivity index is 1.33. The van der Waals surface area contributed by atoms with Crippen LogP contribution in [0.15, 0.2) is 91.0 Å². The highest BCUT2D eigenvalue weighted by molar-refractivity contribution is 8.13. The van der Waals surface area contributed by atoms with Crippen LogP contribution >= 0.6 is 11.8 Å². The van der Waals surface area contributed by atoms with Crippen molar-refractivity contribution in [2.45, 2.75) is 70.3 Å². The van der Waals surface area contributed by atoms with Crippen LogP contribution in [0.2, 0.25) is 19.1 Å². The van der Waals surface area contributed by atoms with Crippen molar-refractivity contribution in [3.63, 3.8) is 0 Å². The van der Waals surface area contributed by atoms with Gasteiger partial charge in [0, 0.05) is 26.9 Å². The van der Waals surface area contributed by atoms with E-state index in [-0.39, 0.29) is 30.0 Å². The fourth-order valence-corrected chi connectivity index (χ4v) is 6.91. The number of thioether (sulfide) groups is 1. The first kappa shape index (κ1) is 37.7. The normalized spacial score (nSPS) is 13.5. The number of benzene rings is 3. The lowest BCUT2D eigenvalue weighted by molar-refractivity contribution is -0.155. The summed E-state index contributed by atoms with van der Waals surface area (Å²) in [6.07, 6.45) is 2.58. The van der Waals surface area contributed by atoms with Crippen molar-refractivity contribution in [2.24, 2.45) is 5.92 Å². The summed E-state index contributed by atoms with van der Waals surface area (Å²) in [5.74, 6) is -1.02. The zero-order valence-corrected chi connectivity index (χ0v) is 30.7. The van der Waals surface area contributed by atoms with Crippen molar-refractivity contribution in [1.82, 2.24) is 5.32 Å². The second kappa shape index (κ2) is 19.1. The molecule has 2 atom stereocenters. The number of allylic oxidation sites excluding steroid dienone is 1. The van der Waals surface area contributed by atoms with Crippen molar-refractivity contribution >= 4 is 43.7 Å². The van der Waals surface area contributed by atoms with Crippen molar-refractivity contribution in [3.05, 3.63) is 108 Å². The van der Waals surface area contributed by atoms with Gasteiger partial charge in [-0.25, -0.2) is 9.59 Å². The fraction of sp³-hybridized carbons (Fsp3) is 0.385. The number of rotatable bonds is 17. The molecule has 0 heterocycles. The van der Waals surface area contributed by atoms with Crippen molar-refractivity contribution in [1.29, 1.82) is 0 Å². The Kier molecular flexibility index (Phi) is 14.7. The smallest absolute Gasteiger partial charge is 0.407 e. The summed E-state index contributed by atoms with van der Waals surface area (Å²) in [7, 11) is -0.891. The second-order valence-electron chi connectivity index (χ2n) is 12.9. The zero-order chi connectivity index (χ0) is 35.2. The Morgan fingerprint density at radius 2 is 1.51 bits per heavy atom. The first-order valence-corrected chi connectivity index (χ1v) is 21.1. The molecule has 0 unspecified atom stereocenters. The molecule has 0 aromatic heterocycles. The predicted octanol–water partition coefficient (Wildman–Crippen LogP) is 7.33. The third-order valence-electron chi connectivity index (χ3n) is 8.22. The molecule has 3 aromatic carbocycles. The number of hydrogen-bond acceptors (Lipinski definition) is 8. The van der Waals surface area contributed by atoms with Crippen molar-refractivity contribution in [3.8, 4) is 11.1 Å². The number of alkyl carbamates (subject to hydrolysis) is 1. The monoisotopic (exact) mass is 701 g/mol. The van der Waals surface area contributed by atoms with E-state index in [0.717, 1.165) is 33.9 Å². The van der Waals surface area contributed by atoms with Crippen LogP contribution in [0.3, 0.4) is 0 Å². The van der Waals surface area contributed by atoms with Gasteiger partial charge in [0.1, 0.15) is 18.8 Å². The summed E-state index contributed by atoms with van der Waals surface area (Å²) in [5, 5.41) is 2.76. The maximum absolute atomic E-state index is 13.4. The second-order valence-corrected chi connectivity index (χ2v) is 17.4. The molecule has 4 rings (SSSR count). The van der Waals surface area contributed by atoms with E-state index in [1.165, 1.54) is 11.8 Å². The largest absolute Gasteiger partial charge is 0.466 e. The Labute approximate surface area is 295 Å². The van der Waals surface area contributed by atoms with E-state index in [1.54, 1.807) is 26.0 Å². The molecule has 0 bridgehead atoms. The number of ether oxygens (including phenoxy) is 3. The van der Waals surface area contributed by atoms with Gasteiger partial charge in [-0.2, -0.15) is 0 Å². The van der Waals surface area contributed by atoms with Gasteiger partial charge in [-0.15, -0.1) is 0 Å². The lowest BCUT2D eigenvalue weighted by Crippen LogP contribution is -2.46. The van der Waals surface area contributed by atoms with E-state index in [2.05, 4.69) is 30.5 Å². The van der Waals surface area contributed by atoms with Crippen LogP contribution in [-0.2, 0) is 35.0 Å². The Morgan fingerprint density at radius 3 is 2.14 bits per heavy atom. The topological polar surface area (TPSA) is 108 Å². The molecule has 1 aliphatic carbocycles. The van der Waals surface area contributed by atoms with Gasteiger partial charge in [-0.3, -0.25) is 9.59 Å². The molecule has 1 aliphatic rings. The molecule has 3 aromatic rings. The van der Waals surface area contributed by atoms with Crippen LogP contribution in [0.1, 0.15) is 49.3 Å². The molecule has 0 fully saturated rings. The van der Waals surface area contributed by atoms with E-state index in [4.69, 9.17) is 14.2 Å². The first-order valence-electron chi connectivity index (χ1n) is 17.0. The minimum atomic E-state index is -0.999. The molecule has 0 radical (unpaired) electrons. The summed E-state index contributed by atoms with van der Waals surface area (Å²) in [5.41, 5.74) is 5.39. The fourth-order valence-electron chi connectivity index (χ4n) is 5.57. The summed E-state index contributed by atoms with van der Waals surface area (Å²) in [6.45, 7) is 8.41. The van der Waals surface area contributed by atoms with Gasteiger partial charge >= 0.3 is 18.0 Å². The molecule has 0 saturated heterocycles. The van der Waals surface area contributed by atoms with Crippen LogP contribution in [0.4, 0.5) is 4.79 Å². The summed E-state index contributed by atoms with van der Waals surface area (Å²) in [4.78, 5) is 51.5. The number of carbonyl (C=O) groups is 4. The minimum absolute atomic E-state index is 0.0685. The number of nitrogens with one attached hydrogen (secondary N) is 1. The molecule has 1 N–H and O–H groups in total. The Hall–Kier alpha value is -4.15. The summed E-state index contributed by atoms with van der Waals surface area (Å²) < 4.78 is 16.9. The van der Waals surface area contributed by atoms with Crippen molar-refractivity contribution < 1.29 is 33.4 Å². The molecular weight excluding hydrogens is 655 g/mol. The van der Waals surface area contributed by atoms with E-state index < -0.39 is 39.0 Å². The van der Waals surface area contributed by atoms with Crippen LogP contribution < -0.4 is 5.32 Å². The van der Waals surface area contributed by atoms with Crippen LogP contribution in [0.25, 0.3) is 11.1 Å². The highest BCUT2D eigenvalue weighted by Gasteiger charge is 2.32. The number of hydrogen-bond donors (Lipinski definition) is 1. The van der Waals surface area contributed by atoms with Gasteiger partial charge < -0.3 is 19.5 Å². The van der Waals surface area contributed by atoms with E-state index in [0.29, 0.717) is 25.2 Å². The molecule has 0 saturated carbocycles. The van der Waals surface area contributed by atoms with Gasteiger partial charge in [0.2, 0.25) is 0 Å². The maximum Gasteiger partial charge on any atom is 0.407 e. The highest BCUT2D eigenvalue weighted by Crippen LogP contribution is 2.44. The molecule has 0 aliphatic heterocycles.